The Kier molecular flexibility index (Phi) is 8.70. The summed E-state index contributed by atoms with van der Waals surface area (Å²) in [6.45, 7) is 2.30. The van der Waals surface area contributed by atoms with Crippen LogP contribution in [0.2, 0.25) is 0 Å². The average Bonchev–Trinajstić information content (AvgIpc) is 3.04. The van der Waals surface area contributed by atoms with Gasteiger partial charge in [0.15, 0.2) is 0 Å². The average molecular weight is 515 g/mol. The third kappa shape index (κ3) is 6.31. The molecule has 0 atom stereocenters. The van der Waals surface area contributed by atoms with Gasteiger partial charge in [-0.1, -0.05) is 151 Å². The molecule has 192 valence electrons. The van der Waals surface area contributed by atoms with Gasteiger partial charge >= 0.3 is 0 Å². The minimum atomic E-state index is -0.837. The van der Waals surface area contributed by atoms with Gasteiger partial charge in [0, 0.05) is 22.3 Å². The second-order valence-corrected chi connectivity index (χ2v) is 9.40. The van der Waals surface area contributed by atoms with Gasteiger partial charge < -0.3 is 4.74 Å². The molecule has 0 bridgehead atoms. The van der Waals surface area contributed by atoms with Gasteiger partial charge in [0.2, 0.25) is 0 Å². The fourth-order valence-corrected chi connectivity index (χ4v) is 4.62. The van der Waals surface area contributed by atoms with E-state index in [-0.39, 0.29) is 6.61 Å². The van der Waals surface area contributed by atoms with Gasteiger partial charge in [0.1, 0.15) is 5.60 Å². The van der Waals surface area contributed by atoms with Gasteiger partial charge in [-0.05, 0) is 47.9 Å². The first-order valence-electron chi connectivity index (χ1n) is 13.4. The fourth-order valence-electron chi connectivity index (χ4n) is 4.62. The predicted octanol–water partition coefficient (Wildman–Crippen LogP) is 8.42. The van der Waals surface area contributed by atoms with Crippen LogP contribution in [0, 0.1) is 23.7 Å². The Balaban J connectivity index is 1.62. The zero-order valence-corrected chi connectivity index (χ0v) is 22.5. The molecule has 0 saturated heterocycles. The molecule has 5 aromatic carbocycles. The van der Waals surface area contributed by atoms with Gasteiger partial charge in [-0.3, -0.25) is 0 Å². The summed E-state index contributed by atoms with van der Waals surface area (Å²) >= 11 is 0. The maximum absolute atomic E-state index is 7.08. The van der Waals surface area contributed by atoms with Gasteiger partial charge in [-0.25, -0.2) is 0 Å². The molecule has 0 saturated carbocycles. The summed E-state index contributed by atoms with van der Waals surface area (Å²) in [5.41, 5.74) is 5.96. The fraction of sp³-hybridized carbons (Fsp3) is 0.0769. The minimum absolute atomic E-state index is 0.286. The first kappa shape index (κ1) is 26.5. The lowest BCUT2D eigenvalue weighted by atomic mass is 9.80. The van der Waals surface area contributed by atoms with Crippen LogP contribution < -0.4 is 0 Å². The standard InChI is InChI=1S/C39H30O/c1-32(27-28-33-17-7-2-8-18-33)35(30-29-34-19-9-3-10-20-34)31-40-39(36-21-11-4-12-22-36,37-23-13-5-14-24-37)38-25-15-6-16-26-38/h2-26H,31H2,1H3/b35-32+. The van der Waals surface area contributed by atoms with Gasteiger partial charge in [0.05, 0.1) is 6.61 Å². The van der Waals surface area contributed by atoms with E-state index in [1.54, 1.807) is 0 Å². The summed E-state index contributed by atoms with van der Waals surface area (Å²) in [5, 5.41) is 0. The molecular formula is C39H30O. The molecule has 1 heteroatoms. The van der Waals surface area contributed by atoms with Crippen molar-refractivity contribution in [1.29, 1.82) is 0 Å². The zero-order chi connectivity index (χ0) is 27.5. The Morgan fingerprint density at radius 2 is 0.850 bits per heavy atom. The van der Waals surface area contributed by atoms with Crippen molar-refractivity contribution < 1.29 is 4.74 Å². The molecule has 5 aromatic rings. The van der Waals surface area contributed by atoms with E-state index in [1.165, 1.54) is 0 Å². The Morgan fingerprint density at radius 3 is 1.25 bits per heavy atom. The van der Waals surface area contributed by atoms with Crippen LogP contribution in [0.25, 0.3) is 0 Å². The van der Waals surface area contributed by atoms with Crippen LogP contribution in [-0.4, -0.2) is 6.61 Å². The van der Waals surface area contributed by atoms with E-state index < -0.39 is 5.60 Å². The molecule has 5 rings (SSSR count). The van der Waals surface area contributed by atoms with Crippen molar-refractivity contribution in [2.75, 3.05) is 6.61 Å². The number of benzene rings is 5. The second kappa shape index (κ2) is 13.1. The normalized spacial score (nSPS) is 11.3. The number of rotatable bonds is 6. The molecule has 0 unspecified atom stereocenters. The van der Waals surface area contributed by atoms with E-state index in [0.29, 0.717) is 0 Å². The lowest BCUT2D eigenvalue weighted by Gasteiger charge is -2.36. The monoisotopic (exact) mass is 514 g/mol. The van der Waals surface area contributed by atoms with E-state index in [2.05, 4.69) is 96.5 Å². The van der Waals surface area contributed by atoms with Crippen molar-refractivity contribution in [3.63, 3.8) is 0 Å². The van der Waals surface area contributed by atoms with E-state index in [9.17, 15) is 0 Å². The van der Waals surface area contributed by atoms with Gasteiger partial charge in [0.25, 0.3) is 0 Å². The third-order valence-electron chi connectivity index (χ3n) is 6.73. The molecule has 0 radical (unpaired) electrons. The first-order chi connectivity index (χ1) is 19.8. The molecule has 0 heterocycles. The SMILES string of the molecule is C/C(C#Cc1ccccc1)=C(/C#Cc1ccccc1)COC(c1ccccc1)(c1ccccc1)c1ccccc1. The molecule has 0 aliphatic heterocycles. The van der Waals surface area contributed by atoms with Crippen molar-refractivity contribution in [3.8, 4) is 23.7 Å². The van der Waals surface area contributed by atoms with Gasteiger partial charge in [-0.2, -0.15) is 0 Å². The Hall–Kier alpha value is -5.08. The van der Waals surface area contributed by atoms with Crippen LogP contribution in [-0.2, 0) is 10.3 Å². The summed E-state index contributed by atoms with van der Waals surface area (Å²) in [6.07, 6.45) is 0. The zero-order valence-electron chi connectivity index (χ0n) is 22.5. The number of ether oxygens (including phenoxy) is 1. The van der Waals surface area contributed by atoms with Crippen molar-refractivity contribution >= 4 is 0 Å². The minimum Gasteiger partial charge on any atom is -0.355 e. The van der Waals surface area contributed by atoms with E-state index >= 15 is 0 Å². The maximum Gasteiger partial charge on any atom is 0.144 e. The molecule has 40 heavy (non-hydrogen) atoms. The predicted molar refractivity (Wildman–Crippen MR) is 164 cm³/mol. The highest BCUT2D eigenvalue weighted by Crippen LogP contribution is 2.40. The summed E-state index contributed by atoms with van der Waals surface area (Å²) in [4.78, 5) is 0. The highest BCUT2D eigenvalue weighted by Gasteiger charge is 2.37. The molecule has 0 spiro atoms. The van der Waals surface area contributed by atoms with Crippen LogP contribution in [0.1, 0.15) is 34.7 Å². The molecule has 0 aliphatic carbocycles. The summed E-state index contributed by atoms with van der Waals surface area (Å²) < 4.78 is 7.08. The van der Waals surface area contributed by atoms with Crippen LogP contribution in [0.15, 0.2) is 163 Å². The van der Waals surface area contributed by atoms with Crippen LogP contribution in [0.5, 0.6) is 0 Å². The van der Waals surface area contributed by atoms with E-state index in [4.69, 9.17) is 4.74 Å². The second-order valence-electron chi connectivity index (χ2n) is 9.40. The highest BCUT2D eigenvalue weighted by atomic mass is 16.5. The first-order valence-corrected chi connectivity index (χ1v) is 13.4. The third-order valence-corrected chi connectivity index (χ3v) is 6.73. The molecule has 0 fully saturated rings. The highest BCUT2D eigenvalue weighted by molar-refractivity contribution is 5.51. The molecule has 0 amide bonds. The number of hydrogen-bond acceptors (Lipinski definition) is 1. The van der Waals surface area contributed by atoms with Crippen LogP contribution >= 0.6 is 0 Å². The van der Waals surface area contributed by atoms with Gasteiger partial charge in [-0.15, -0.1) is 0 Å². The van der Waals surface area contributed by atoms with Crippen molar-refractivity contribution in [2.24, 2.45) is 0 Å². The summed E-state index contributed by atoms with van der Waals surface area (Å²) in [6, 6.07) is 51.2. The lowest BCUT2D eigenvalue weighted by Crippen LogP contribution is -2.33. The van der Waals surface area contributed by atoms with E-state index in [1.807, 2.05) is 85.8 Å². The van der Waals surface area contributed by atoms with Crippen molar-refractivity contribution in [3.05, 3.63) is 191 Å². The molecular weight excluding hydrogens is 484 g/mol. The summed E-state index contributed by atoms with van der Waals surface area (Å²) in [5.74, 6) is 13.3. The quantitative estimate of drug-likeness (QED) is 0.163. The Labute approximate surface area is 237 Å². The Bertz CT molecular complexity index is 1570. The van der Waals surface area contributed by atoms with Crippen molar-refractivity contribution in [1.82, 2.24) is 0 Å². The van der Waals surface area contributed by atoms with Crippen LogP contribution in [0.3, 0.4) is 0 Å². The molecule has 0 N–H and O–H groups in total. The van der Waals surface area contributed by atoms with Crippen molar-refractivity contribution in [2.45, 2.75) is 12.5 Å². The van der Waals surface area contributed by atoms with E-state index in [0.717, 1.165) is 39.0 Å². The largest absolute Gasteiger partial charge is 0.355 e. The molecule has 1 nitrogen and oxygen atoms in total. The molecule has 0 aromatic heterocycles. The lowest BCUT2D eigenvalue weighted by molar-refractivity contribution is 0.0292. The summed E-state index contributed by atoms with van der Waals surface area (Å²) in [7, 11) is 0. The maximum atomic E-state index is 7.08. The molecule has 0 aliphatic rings. The topological polar surface area (TPSA) is 9.23 Å². The van der Waals surface area contributed by atoms with Crippen LogP contribution in [0.4, 0.5) is 0 Å². The smallest absolute Gasteiger partial charge is 0.144 e. The Morgan fingerprint density at radius 1 is 0.500 bits per heavy atom. The number of allylic oxidation sites excluding steroid dienone is 1. The number of hydrogen-bond donors (Lipinski definition) is 0.